The Morgan fingerprint density at radius 2 is 1.66 bits per heavy atom. The number of carboxylic acid groups (broad SMARTS) is 2. The van der Waals surface area contributed by atoms with E-state index in [2.05, 4.69) is 5.32 Å². The molecule has 1 aromatic heterocycles. The molecule has 0 atom stereocenters. The van der Waals surface area contributed by atoms with Crippen molar-refractivity contribution in [2.75, 3.05) is 11.5 Å². The smallest absolute Gasteiger partial charge is 0.335 e. The summed E-state index contributed by atoms with van der Waals surface area (Å²) < 4.78 is 7.17. The number of aryl methyl sites for hydroxylation is 1. The molecular formula is C27H23N3O7S. The van der Waals surface area contributed by atoms with Crippen molar-refractivity contribution in [2.45, 2.75) is 20.8 Å². The summed E-state index contributed by atoms with van der Waals surface area (Å²) >= 11 is 5.27. The molecule has 0 unspecified atom stereocenters. The molecule has 11 heteroatoms. The number of hydrogen-bond acceptors (Lipinski definition) is 6. The van der Waals surface area contributed by atoms with Gasteiger partial charge in [0.1, 0.15) is 11.3 Å². The normalized spacial score (nSPS) is 14.6. The van der Waals surface area contributed by atoms with Gasteiger partial charge >= 0.3 is 11.9 Å². The van der Waals surface area contributed by atoms with Gasteiger partial charge < -0.3 is 19.5 Å². The SMILES string of the molecule is CCOc1cccc(N2C(=O)/C(=C/c3cc(C)n(-c4cc(C(=O)O)cc(C(=O)O)c4)c3C)C(=O)NC2=S)c1. The van der Waals surface area contributed by atoms with Crippen molar-refractivity contribution in [3.05, 3.63) is 82.2 Å². The van der Waals surface area contributed by atoms with Crippen LogP contribution in [0.15, 0.2) is 54.1 Å². The second-order valence-electron chi connectivity index (χ2n) is 8.43. The van der Waals surface area contributed by atoms with Crippen LogP contribution in [0.25, 0.3) is 11.8 Å². The molecule has 10 nitrogen and oxygen atoms in total. The van der Waals surface area contributed by atoms with Gasteiger partial charge in [-0.1, -0.05) is 6.07 Å². The molecule has 2 heterocycles. The Bertz CT molecular complexity index is 1520. The van der Waals surface area contributed by atoms with Gasteiger partial charge in [0, 0.05) is 23.1 Å². The van der Waals surface area contributed by atoms with E-state index in [4.69, 9.17) is 17.0 Å². The average Bonchev–Trinajstić information content (AvgIpc) is 3.14. The Balaban J connectivity index is 1.78. The minimum atomic E-state index is -1.27. The molecule has 3 N–H and O–H groups in total. The summed E-state index contributed by atoms with van der Waals surface area (Å²) in [5.41, 5.74) is 1.91. The lowest BCUT2D eigenvalue weighted by molar-refractivity contribution is -0.122. The van der Waals surface area contributed by atoms with E-state index in [-0.39, 0.29) is 21.8 Å². The number of benzene rings is 2. The number of carbonyl (C=O) groups excluding carboxylic acids is 2. The number of hydrogen-bond donors (Lipinski definition) is 3. The molecule has 0 saturated carbocycles. The number of rotatable bonds is 7. The maximum absolute atomic E-state index is 13.5. The van der Waals surface area contributed by atoms with Gasteiger partial charge in [-0.15, -0.1) is 0 Å². The summed E-state index contributed by atoms with van der Waals surface area (Å²) in [5.74, 6) is -3.29. The van der Waals surface area contributed by atoms with Crippen molar-refractivity contribution in [3.63, 3.8) is 0 Å². The summed E-state index contributed by atoms with van der Waals surface area (Å²) in [5, 5.41) is 21.4. The fourth-order valence-corrected chi connectivity index (χ4v) is 4.53. The van der Waals surface area contributed by atoms with Gasteiger partial charge in [-0.3, -0.25) is 19.8 Å². The van der Waals surface area contributed by atoms with Crippen LogP contribution in [-0.4, -0.2) is 50.3 Å². The largest absolute Gasteiger partial charge is 0.494 e. The van der Waals surface area contributed by atoms with E-state index in [1.54, 1.807) is 48.7 Å². The van der Waals surface area contributed by atoms with E-state index in [0.29, 0.717) is 40.7 Å². The first kappa shape index (κ1) is 26.3. The fourth-order valence-electron chi connectivity index (χ4n) is 4.24. The van der Waals surface area contributed by atoms with Crippen LogP contribution in [0, 0.1) is 13.8 Å². The number of amides is 2. The fraction of sp³-hybridized carbons (Fsp3) is 0.148. The van der Waals surface area contributed by atoms with Gasteiger partial charge in [-0.05, 0) is 81.0 Å². The number of anilines is 1. The van der Waals surface area contributed by atoms with Crippen molar-refractivity contribution in [3.8, 4) is 11.4 Å². The van der Waals surface area contributed by atoms with Gasteiger partial charge in [-0.2, -0.15) is 0 Å². The topological polar surface area (TPSA) is 138 Å². The van der Waals surface area contributed by atoms with Gasteiger partial charge in [0.15, 0.2) is 5.11 Å². The number of aromatic nitrogens is 1. The standard InChI is InChI=1S/C27H23N3O7S/c1-4-37-21-7-5-6-19(13-21)30-24(32)22(23(31)28-27(30)38)12-16-8-14(2)29(15(16)3)20-10-17(25(33)34)9-18(11-20)26(35)36/h5-13H,4H2,1-3H3,(H,33,34)(H,35,36)(H,28,31,38)/b22-12+. The van der Waals surface area contributed by atoms with Gasteiger partial charge in [-0.25, -0.2) is 9.59 Å². The lowest BCUT2D eigenvalue weighted by Crippen LogP contribution is -2.54. The minimum absolute atomic E-state index is 0.0667. The summed E-state index contributed by atoms with van der Waals surface area (Å²) in [4.78, 5) is 50.6. The third kappa shape index (κ3) is 4.91. The highest BCUT2D eigenvalue weighted by Crippen LogP contribution is 2.28. The molecule has 38 heavy (non-hydrogen) atoms. The lowest BCUT2D eigenvalue weighted by atomic mass is 10.1. The molecule has 194 valence electrons. The number of carbonyl (C=O) groups is 4. The maximum atomic E-state index is 13.5. The van der Waals surface area contributed by atoms with Crippen LogP contribution in [0.4, 0.5) is 5.69 Å². The number of aromatic carboxylic acids is 2. The van der Waals surface area contributed by atoms with Crippen molar-refractivity contribution in [2.24, 2.45) is 0 Å². The third-order valence-corrected chi connectivity index (χ3v) is 6.21. The Labute approximate surface area is 222 Å². The van der Waals surface area contributed by atoms with Crippen molar-refractivity contribution >= 4 is 52.8 Å². The molecule has 1 aliphatic heterocycles. The summed E-state index contributed by atoms with van der Waals surface area (Å²) in [6.45, 7) is 5.72. The van der Waals surface area contributed by atoms with Crippen LogP contribution in [0.2, 0.25) is 0 Å². The van der Waals surface area contributed by atoms with Gasteiger partial charge in [0.2, 0.25) is 0 Å². The Kier molecular flexibility index (Phi) is 7.13. The van der Waals surface area contributed by atoms with Crippen LogP contribution in [-0.2, 0) is 9.59 Å². The predicted molar refractivity (Wildman–Crippen MR) is 143 cm³/mol. The number of thiocarbonyl (C=S) groups is 1. The number of nitrogens with zero attached hydrogens (tertiary/aromatic N) is 2. The molecule has 2 amide bonds. The molecule has 0 aliphatic carbocycles. The van der Waals surface area contributed by atoms with Crippen LogP contribution in [0.1, 0.15) is 44.6 Å². The van der Waals surface area contributed by atoms with E-state index in [9.17, 15) is 29.4 Å². The van der Waals surface area contributed by atoms with Crippen LogP contribution >= 0.6 is 12.2 Å². The number of nitrogens with one attached hydrogen (secondary N) is 1. The van der Waals surface area contributed by atoms with Crippen molar-refractivity contribution in [1.29, 1.82) is 0 Å². The highest BCUT2D eigenvalue weighted by atomic mass is 32.1. The van der Waals surface area contributed by atoms with E-state index < -0.39 is 23.8 Å². The second-order valence-corrected chi connectivity index (χ2v) is 8.82. The van der Waals surface area contributed by atoms with Gasteiger partial charge in [0.05, 0.1) is 23.4 Å². The Morgan fingerprint density at radius 3 is 2.26 bits per heavy atom. The monoisotopic (exact) mass is 533 g/mol. The van der Waals surface area contributed by atoms with E-state index in [0.717, 1.165) is 6.07 Å². The Morgan fingerprint density at radius 1 is 1.00 bits per heavy atom. The molecule has 3 aromatic rings. The van der Waals surface area contributed by atoms with Crippen molar-refractivity contribution in [1.82, 2.24) is 9.88 Å². The maximum Gasteiger partial charge on any atom is 0.335 e. The molecule has 0 spiro atoms. The number of carboxylic acids is 2. The summed E-state index contributed by atoms with van der Waals surface area (Å²) in [6, 6.07) is 12.3. The van der Waals surface area contributed by atoms with E-state index in [1.807, 2.05) is 6.92 Å². The van der Waals surface area contributed by atoms with Crippen LogP contribution in [0.3, 0.4) is 0 Å². The third-order valence-electron chi connectivity index (χ3n) is 5.93. The highest BCUT2D eigenvalue weighted by Gasteiger charge is 2.35. The zero-order valence-electron chi connectivity index (χ0n) is 20.6. The quantitative estimate of drug-likeness (QED) is 0.237. The first-order valence-electron chi connectivity index (χ1n) is 11.5. The lowest BCUT2D eigenvalue weighted by Gasteiger charge is -2.29. The zero-order chi connectivity index (χ0) is 27.7. The molecule has 0 radical (unpaired) electrons. The zero-order valence-corrected chi connectivity index (χ0v) is 21.5. The molecule has 0 bridgehead atoms. The van der Waals surface area contributed by atoms with E-state index in [1.165, 1.54) is 23.1 Å². The predicted octanol–water partition coefficient (Wildman–Crippen LogP) is 3.72. The summed E-state index contributed by atoms with van der Waals surface area (Å²) in [6.07, 6.45) is 1.43. The first-order valence-corrected chi connectivity index (χ1v) is 11.9. The average molecular weight is 534 g/mol. The summed E-state index contributed by atoms with van der Waals surface area (Å²) in [7, 11) is 0. The minimum Gasteiger partial charge on any atom is -0.494 e. The molecule has 2 aromatic carbocycles. The van der Waals surface area contributed by atoms with Crippen molar-refractivity contribution < 1.29 is 34.1 Å². The first-order chi connectivity index (χ1) is 18.0. The molecule has 1 aliphatic rings. The van der Waals surface area contributed by atoms with Gasteiger partial charge in [0.25, 0.3) is 11.8 Å². The highest BCUT2D eigenvalue weighted by molar-refractivity contribution is 7.80. The molecular weight excluding hydrogens is 510 g/mol. The molecule has 4 rings (SSSR count). The van der Waals surface area contributed by atoms with E-state index >= 15 is 0 Å². The van der Waals surface area contributed by atoms with Crippen LogP contribution < -0.4 is 15.0 Å². The second kappa shape index (κ2) is 10.3. The molecule has 1 saturated heterocycles. The Hall–Kier alpha value is -4.77. The number of ether oxygens (including phenoxy) is 1. The van der Waals surface area contributed by atoms with Crippen LogP contribution in [0.5, 0.6) is 5.75 Å². The molecule has 1 fully saturated rings.